The van der Waals surface area contributed by atoms with E-state index in [0.717, 1.165) is 0 Å². The highest BCUT2D eigenvalue weighted by molar-refractivity contribution is 5.24. The third kappa shape index (κ3) is 1.86. The number of hydrogen-bond acceptors (Lipinski definition) is 6. The number of aliphatic hydroxyl groups excluding tert-OH is 2. The second-order valence-corrected chi connectivity index (χ2v) is 4.06. The SMILES string of the molecule is C#C[C@]1(CO)O[C@H](n2ccc(N)nc2=O)C[C@@H]1O. The van der Waals surface area contributed by atoms with Crippen LogP contribution in [0.1, 0.15) is 12.6 Å². The number of hydrogen-bond donors (Lipinski definition) is 3. The first kappa shape index (κ1) is 12.6. The van der Waals surface area contributed by atoms with E-state index in [2.05, 4.69) is 10.9 Å². The van der Waals surface area contributed by atoms with Crippen LogP contribution >= 0.6 is 0 Å². The van der Waals surface area contributed by atoms with E-state index in [-0.39, 0.29) is 12.2 Å². The molecule has 0 radical (unpaired) electrons. The van der Waals surface area contributed by atoms with E-state index in [1.807, 2.05) is 0 Å². The molecule has 1 aromatic heterocycles. The third-order valence-electron chi connectivity index (χ3n) is 2.95. The Balaban J connectivity index is 2.33. The number of nitrogens with zero attached hydrogens (tertiary/aromatic N) is 2. The molecule has 0 aromatic carbocycles. The first-order chi connectivity index (χ1) is 8.52. The van der Waals surface area contributed by atoms with Crippen LogP contribution in [0.2, 0.25) is 0 Å². The van der Waals surface area contributed by atoms with Gasteiger partial charge >= 0.3 is 5.69 Å². The summed E-state index contributed by atoms with van der Waals surface area (Å²) in [5.74, 6) is 2.32. The van der Waals surface area contributed by atoms with Gasteiger partial charge in [0.2, 0.25) is 0 Å². The van der Waals surface area contributed by atoms with E-state index in [1.165, 1.54) is 16.8 Å². The molecule has 96 valence electrons. The van der Waals surface area contributed by atoms with Crippen molar-refractivity contribution in [1.29, 1.82) is 0 Å². The van der Waals surface area contributed by atoms with Gasteiger partial charge in [-0.1, -0.05) is 5.92 Å². The van der Waals surface area contributed by atoms with Gasteiger partial charge in [-0.2, -0.15) is 4.98 Å². The number of terminal acetylenes is 1. The summed E-state index contributed by atoms with van der Waals surface area (Å²) in [4.78, 5) is 15.2. The molecule has 1 fully saturated rings. The maximum atomic E-state index is 11.6. The summed E-state index contributed by atoms with van der Waals surface area (Å²) in [6.07, 6.45) is 4.93. The minimum Gasteiger partial charge on any atom is -0.392 e. The minimum absolute atomic E-state index is 0.0935. The monoisotopic (exact) mass is 251 g/mol. The molecule has 3 atom stereocenters. The molecule has 1 saturated heterocycles. The zero-order chi connectivity index (χ0) is 13.3. The Morgan fingerprint density at radius 1 is 1.78 bits per heavy atom. The fraction of sp³-hybridized carbons (Fsp3) is 0.455. The molecule has 1 aliphatic heterocycles. The molecule has 1 aromatic rings. The fourth-order valence-corrected chi connectivity index (χ4v) is 1.88. The van der Waals surface area contributed by atoms with Gasteiger partial charge in [-0.25, -0.2) is 4.79 Å². The quantitative estimate of drug-likeness (QED) is 0.550. The van der Waals surface area contributed by atoms with Crippen LogP contribution in [0.4, 0.5) is 5.82 Å². The maximum Gasteiger partial charge on any atom is 0.351 e. The van der Waals surface area contributed by atoms with Crippen molar-refractivity contribution in [3.05, 3.63) is 22.7 Å². The van der Waals surface area contributed by atoms with Crippen LogP contribution in [0.5, 0.6) is 0 Å². The van der Waals surface area contributed by atoms with Crippen LogP contribution in [-0.4, -0.2) is 38.1 Å². The van der Waals surface area contributed by atoms with Crippen molar-refractivity contribution >= 4 is 5.82 Å². The van der Waals surface area contributed by atoms with Gasteiger partial charge in [-0.15, -0.1) is 6.42 Å². The van der Waals surface area contributed by atoms with Crippen LogP contribution < -0.4 is 11.4 Å². The van der Waals surface area contributed by atoms with Crippen LogP contribution in [0.15, 0.2) is 17.1 Å². The Morgan fingerprint density at radius 3 is 3.00 bits per heavy atom. The lowest BCUT2D eigenvalue weighted by Gasteiger charge is -2.23. The van der Waals surface area contributed by atoms with Crippen molar-refractivity contribution in [1.82, 2.24) is 9.55 Å². The molecule has 18 heavy (non-hydrogen) atoms. The second kappa shape index (κ2) is 4.42. The van der Waals surface area contributed by atoms with Crippen molar-refractivity contribution in [3.63, 3.8) is 0 Å². The number of aliphatic hydroxyl groups is 2. The first-order valence-corrected chi connectivity index (χ1v) is 5.31. The Kier molecular flexibility index (Phi) is 3.09. The van der Waals surface area contributed by atoms with Gasteiger partial charge in [0.15, 0.2) is 5.60 Å². The molecule has 0 saturated carbocycles. The molecule has 4 N–H and O–H groups in total. The van der Waals surface area contributed by atoms with Gasteiger partial charge < -0.3 is 20.7 Å². The lowest BCUT2D eigenvalue weighted by molar-refractivity contribution is -0.0912. The average Bonchev–Trinajstić information content (AvgIpc) is 2.67. The van der Waals surface area contributed by atoms with Crippen LogP contribution in [-0.2, 0) is 4.74 Å². The number of rotatable bonds is 2. The molecule has 0 amide bonds. The molecular weight excluding hydrogens is 238 g/mol. The number of ether oxygens (including phenoxy) is 1. The summed E-state index contributed by atoms with van der Waals surface area (Å²) in [6, 6.07) is 1.44. The van der Waals surface area contributed by atoms with Gasteiger partial charge in [0, 0.05) is 12.6 Å². The Hall–Kier alpha value is -1.88. The van der Waals surface area contributed by atoms with E-state index in [9.17, 15) is 15.0 Å². The number of nitrogen functional groups attached to an aromatic ring is 1. The summed E-state index contributed by atoms with van der Waals surface area (Å²) in [6.45, 7) is -0.529. The van der Waals surface area contributed by atoms with E-state index >= 15 is 0 Å². The molecule has 2 rings (SSSR count). The second-order valence-electron chi connectivity index (χ2n) is 4.06. The lowest BCUT2D eigenvalue weighted by Crippen LogP contribution is -2.41. The predicted octanol–water partition coefficient (Wildman–Crippen LogP) is -1.53. The van der Waals surface area contributed by atoms with Gasteiger partial charge in [0.25, 0.3) is 0 Å². The largest absolute Gasteiger partial charge is 0.392 e. The smallest absolute Gasteiger partial charge is 0.351 e. The number of aromatic nitrogens is 2. The molecular formula is C11H13N3O4. The third-order valence-corrected chi connectivity index (χ3v) is 2.95. The topological polar surface area (TPSA) is 111 Å². The highest BCUT2D eigenvalue weighted by Crippen LogP contribution is 2.35. The zero-order valence-corrected chi connectivity index (χ0v) is 9.48. The van der Waals surface area contributed by atoms with Crippen LogP contribution in [0.3, 0.4) is 0 Å². The normalized spacial score (nSPS) is 31.2. The van der Waals surface area contributed by atoms with Crippen molar-refractivity contribution < 1.29 is 14.9 Å². The molecule has 7 heteroatoms. The van der Waals surface area contributed by atoms with Crippen molar-refractivity contribution in [2.24, 2.45) is 0 Å². The van der Waals surface area contributed by atoms with Crippen molar-refractivity contribution in [2.45, 2.75) is 24.4 Å². The summed E-state index contributed by atoms with van der Waals surface area (Å²) in [7, 11) is 0. The number of anilines is 1. The van der Waals surface area contributed by atoms with E-state index in [4.69, 9.17) is 16.9 Å². The molecule has 0 bridgehead atoms. The van der Waals surface area contributed by atoms with E-state index in [1.54, 1.807) is 0 Å². The average molecular weight is 251 g/mol. The molecule has 7 nitrogen and oxygen atoms in total. The summed E-state index contributed by atoms with van der Waals surface area (Å²) >= 11 is 0. The summed E-state index contributed by atoms with van der Waals surface area (Å²) < 4.78 is 6.59. The molecule has 1 aliphatic rings. The highest BCUT2D eigenvalue weighted by atomic mass is 16.6. The first-order valence-electron chi connectivity index (χ1n) is 5.31. The fourth-order valence-electron chi connectivity index (χ4n) is 1.88. The van der Waals surface area contributed by atoms with Gasteiger partial charge in [-0.05, 0) is 6.07 Å². The Bertz CT molecular complexity index is 550. The molecule has 0 spiro atoms. The van der Waals surface area contributed by atoms with Crippen LogP contribution in [0, 0.1) is 12.3 Å². The highest BCUT2D eigenvalue weighted by Gasteiger charge is 2.47. The molecule has 2 heterocycles. The molecule has 0 aliphatic carbocycles. The summed E-state index contributed by atoms with van der Waals surface area (Å²) in [5.41, 5.74) is 3.29. The Labute approximate surface area is 103 Å². The zero-order valence-electron chi connectivity index (χ0n) is 9.48. The number of nitrogens with two attached hydrogens (primary N) is 1. The molecule has 0 unspecified atom stereocenters. The van der Waals surface area contributed by atoms with Gasteiger partial charge in [-0.3, -0.25) is 4.57 Å². The predicted molar refractivity (Wildman–Crippen MR) is 62.3 cm³/mol. The minimum atomic E-state index is -1.48. The lowest BCUT2D eigenvalue weighted by atomic mass is 9.99. The van der Waals surface area contributed by atoms with E-state index < -0.39 is 30.2 Å². The maximum absolute atomic E-state index is 11.6. The van der Waals surface area contributed by atoms with Crippen LogP contribution in [0.25, 0.3) is 0 Å². The standard InChI is InChI=1S/C11H13N3O4/c1-2-11(6-15)7(16)5-9(18-11)14-4-3-8(12)13-10(14)17/h1,3-4,7,9,15-16H,5-6H2,(H2,12,13,17)/t7-,9-,11+/m0/s1. The Morgan fingerprint density at radius 2 is 2.50 bits per heavy atom. The van der Waals surface area contributed by atoms with E-state index in [0.29, 0.717) is 0 Å². The van der Waals surface area contributed by atoms with Gasteiger partial charge in [0.1, 0.15) is 18.1 Å². The van der Waals surface area contributed by atoms with Gasteiger partial charge in [0.05, 0.1) is 6.61 Å². The van der Waals surface area contributed by atoms with Crippen molar-refractivity contribution in [2.75, 3.05) is 12.3 Å². The summed E-state index contributed by atoms with van der Waals surface area (Å²) in [5, 5.41) is 19.0. The van der Waals surface area contributed by atoms with Crippen molar-refractivity contribution in [3.8, 4) is 12.3 Å².